The summed E-state index contributed by atoms with van der Waals surface area (Å²) in [5.74, 6) is 0.107. The minimum absolute atomic E-state index is 0.0390. The highest BCUT2D eigenvalue weighted by molar-refractivity contribution is 5.83. The molecule has 0 N–H and O–H groups in total. The molecule has 72 valence electrons. The van der Waals surface area contributed by atoms with Crippen molar-refractivity contribution in [1.82, 2.24) is 0 Å². The Hall–Kier alpha value is -0.880. The Labute approximate surface area is 78.7 Å². The number of ether oxygens (including phenoxy) is 1. The van der Waals surface area contributed by atoms with E-state index in [2.05, 4.69) is 0 Å². The molecule has 1 heterocycles. The number of rotatable bonds is 3. The molecule has 0 aromatic carbocycles. The predicted octanol–water partition coefficient (Wildman–Crippen LogP) is 1.53. The molecule has 1 saturated heterocycles. The number of nitrogens with zero attached hydrogens (tertiary/aromatic N) is 1. The summed E-state index contributed by atoms with van der Waals surface area (Å²) in [6.07, 6.45) is 2.22. The van der Waals surface area contributed by atoms with Gasteiger partial charge < -0.3 is 4.74 Å². The molecular formula is C10H15NO2. The molecule has 0 amide bonds. The van der Waals surface area contributed by atoms with Crippen LogP contribution in [0.5, 0.6) is 0 Å². The van der Waals surface area contributed by atoms with Gasteiger partial charge in [0.25, 0.3) is 0 Å². The zero-order valence-electron chi connectivity index (χ0n) is 7.95. The number of ketones is 1. The summed E-state index contributed by atoms with van der Waals surface area (Å²) in [5.41, 5.74) is 0. The smallest absolute Gasteiger partial charge is 0.142 e. The first-order valence-electron chi connectivity index (χ1n) is 4.74. The van der Waals surface area contributed by atoms with Crippen LogP contribution < -0.4 is 0 Å². The molecule has 13 heavy (non-hydrogen) atoms. The van der Waals surface area contributed by atoms with Crippen LogP contribution in [0.1, 0.15) is 26.2 Å². The van der Waals surface area contributed by atoms with Gasteiger partial charge in [0.05, 0.1) is 12.7 Å². The molecule has 0 aromatic heterocycles. The number of hydrogen-bond acceptors (Lipinski definition) is 3. The molecule has 0 spiro atoms. The standard InChI is InChI=1S/C10H15NO2/c1-8(4-5-11)10(12)9-3-2-6-13-7-9/h8-9H,2-4,6-7H2,1H3. The van der Waals surface area contributed by atoms with Gasteiger partial charge in [0.1, 0.15) is 5.78 Å². The molecule has 1 aliphatic heterocycles. The van der Waals surface area contributed by atoms with Crippen LogP contribution in [0.2, 0.25) is 0 Å². The molecule has 2 atom stereocenters. The first-order valence-corrected chi connectivity index (χ1v) is 4.74. The molecule has 0 radical (unpaired) electrons. The summed E-state index contributed by atoms with van der Waals surface area (Å²) in [6, 6.07) is 2.03. The molecule has 0 saturated carbocycles. The summed E-state index contributed by atoms with van der Waals surface area (Å²) in [4.78, 5) is 11.7. The van der Waals surface area contributed by atoms with Crippen molar-refractivity contribution in [2.75, 3.05) is 13.2 Å². The average Bonchev–Trinajstić information content (AvgIpc) is 2.18. The summed E-state index contributed by atoms with van der Waals surface area (Å²) in [5, 5.41) is 8.45. The van der Waals surface area contributed by atoms with E-state index in [9.17, 15) is 4.79 Å². The van der Waals surface area contributed by atoms with Gasteiger partial charge in [-0.1, -0.05) is 6.92 Å². The van der Waals surface area contributed by atoms with Crippen LogP contribution in [-0.2, 0) is 9.53 Å². The van der Waals surface area contributed by atoms with Crippen LogP contribution >= 0.6 is 0 Å². The summed E-state index contributed by atoms with van der Waals surface area (Å²) in [7, 11) is 0. The van der Waals surface area contributed by atoms with E-state index in [1.165, 1.54) is 0 Å². The van der Waals surface area contributed by atoms with E-state index in [0.717, 1.165) is 19.4 Å². The molecule has 0 bridgehead atoms. The molecule has 0 aliphatic carbocycles. The van der Waals surface area contributed by atoms with Crippen molar-refractivity contribution in [2.45, 2.75) is 26.2 Å². The van der Waals surface area contributed by atoms with Gasteiger partial charge in [-0.15, -0.1) is 0 Å². The lowest BCUT2D eigenvalue weighted by Crippen LogP contribution is -2.29. The molecule has 0 aromatic rings. The molecule has 2 unspecified atom stereocenters. The third-order valence-electron chi connectivity index (χ3n) is 2.45. The van der Waals surface area contributed by atoms with E-state index in [1.807, 2.05) is 13.0 Å². The maximum Gasteiger partial charge on any atom is 0.142 e. The first kappa shape index (κ1) is 10.2. The van der Waals surface area contributed by atoms with Crippen LogP contribution in [0.3, 0.4) is 0 Å². The maximum absolute atomic E-state index is 11.7. The lowest BCUT2D eigenvalue weighted by Gasteiger charge is -2.22. The lowest BCUT2D eigenvalue weighted by atomic mass is 9.88. The second kappa shape index (κ2) is 4.98. The summed E-state index contributed by atoms with van der Waals surface area (Å²) >= 11 is 0. The lowest BCUT2D eigenvalue weighted by molar-refractivity contribution is -0.130. The van der Waals surface area contributed by atoms with E-state index in [4.69, 9.17) is 10.00 Å². The van der Waals surface area contributed by atoms with Crippen molar-refractivity contribution in [3.05, 3.63) is 0 Å². The number of carbonyl (C=O) groups is 1. The summed E-state index contributed by atoms with van der Waals surface area (Å²) < 4.78 is 5.23. The highest BCUT2D eigenvalue weighted by Gasteiger charge is 2.25. The fourth-order valence-electron chi connectivity index (χ4n) is 1.61. The van der Waals surface area contributed by atoms with Gasteiger partial charge in [0.2, 0.25) is 0 Å². The van der Waals surface area contributed by atoms with E-state index in [-0.39, 0.29) is 17.6 Å². The molecule has 1 aliphatic rings. The van der Waals surface area contributed by atoms with E-state index < -0.39 is 0 Å². The molecule has 1 fully saturated rings. The van der Waals surface area contributed by atoms with E-state index in [0.29, 0.717) is 13.0 Å². The fourth-order valence-corrected chi connectivity index (χ4v) is 1.61. The monoisotopic (exact) mass is 181 g/mol. The quantitative estimate of drug-likeness (QED) is 0.663. The van der Waals surface area contributed by atoms with Gasteiger partial charge in [-0.2, -0.15) is 5.26 Å². The minimum atomic E-state index is -0.128. The molecule has 1 rings (SSSR count). The third kappa shape index (κ3) is 2.82. The van der Waals surface area contributed by atoms with Crippen molar-refractivity contribution in [1.29, 1.82) is 5.26 Å². The Bertz CT molecular complexity index is 213. The number of carbonyl (C=O) groups excluding carboxylic acids is 1. The third-order valence-corrected chi connectivity index (χ3v) is 2.45. The molecule has 3 heteroatoms. The topological polar surface area (TPSA) is 50.1 Å². The van der Waals surface area contributed by atoms with Crippen molar-refractivity contribution in [2.24, 2.45) is 11.8 Å². The minimum Gasteiger partial charge on any atom is -0.381 e. The SMILES string of the molecule is CC(CC#N)C(=O)C1CCCOC1. The maximum atomic E-state index is 11.7. The van der Waals surface area contributed by atoms with Crippen LogP contribution in [0.25, 0.3) is 0 Å². The Balaban J connectivity index is 2.41. The number of hydrogen-bond donors (Lipinski definition) is 0. The normalized spacial score (nSPS) is 24.8. The zero-order valence-corrected chi connectivity index (χ0v) is 7.95. The highest BCUT2D eigenvalue weighted by atomic mass is 16.5. The van der Waals surface area contributed by atoms with Crippen LogP contribution in [-0.4, -0.2) is 19.0 Å². The predicted molar refractivity (Wildman–Crippen MR) is 47.9 cm³/mol. The van der Waals surface area contributed by atoms with Crippen molar-refractivity contribution < 1.29 is 9.53 Å². The fraction of sp³-hybridized carbons (Fsp3) is 0.800. The Morgan fingerprint density at radius 2 is 2.54 bits per heavy atom. The van der Waals surface area contributed by atoms with Gasteiger partial charge in [0, 0.05) is 24.9 Å². The number of nitriles is 1. The Morgan fingerprint density at radius 1 is 1.77 bits per heavy atom. The van der Waals surface area contributed by atoms with Crippen molar-refractivity contribution in [3.63, 3.8) is 0 Å². The Morgan fingerprint density at radius 3 is 3.08 bits per heavy atom. The second-order valence-corrected chi connectivity index (χ2v) is 3.58. The van der Waals surface area contributed by atoms with Crippen LogP contribution in [0, 0.1) is 23.2 Å². The summed E-state index contributed by atoms with van der Waals surface area (Å²) in [6.45, 7) is 3.14. The number of Topliss-reactive ketones (excluding diaryl/α,β-unsaturated/α-hetero) is 1. The average molecular weight is 181 g/mol. The largest absolute Gasteiger partial charge is 0.381 e. The van der Waals surface area contributed by atoms with Gasteiger partial charge in [0.15, 0.2) is 0 Å². The van der Waals surface area contributed by atoms with Gasteiger partial charge in [-0.3, -0.25) is 4.79 Å². The van der Waals surface area contributed by atoms with Gasteiger partial charge in [-0.25, -0.2) is 0 Å². The molecular weight excluding hydrogens is 166 g/mol. The van der Waals surface area contributed by atoms with Crippen LogP contribution in [0.4, 0.5) is 0 Å². The first-order chi connectivity index (χ1) is 6.25. The van der Waals surface area contributed by atoms with Gasteiger partial charge >= 0.3 is 0 Å². The molecule has 3 nitrogen and oxygen atoms in total. The van der Waals surface area contributed by atoms with Crippen molar-refractivity contribution >= 4 is 5.78 Å². The second-order valence-electron chi connectivity index (χ2n) is 3.58. The zero-order chi connectivity index (χ0) is 9.68. The van der Waals surface area contributed by atoms with E-state index >= 15 is 0 Å². The van der Waals surface area contributed by atoms with Crippen LogP contribution in [0.15, 0.2) is 0 Å². The van der Waals surface area contributed by atoms with E-state index in [1.54, 1.807) is 0 Å². The Kier molecular flexibility index (Phi) is 3.91. The highest BCUT2D eigenvalue weighted by Crippen LogP contribution is 2.19. The van der Waals surface area contributed by atoms with Crippen molar-refractivity contribution in [3.8, 4) is 6.07 Å². The van der Waals surface area contributed by atoms with Gasteiger partial charge in [-0.05, 0) is 12.8 Å².